The largest absolute Gasteiger partial charge is 0.458 e. The summed E-state index contributed by atoms with van der Waals surface area (Å²) in [5.41, 5.74) is 1.19. The van der Waals surface area contributed by atoms with Gasteiger partial charge in [0.2, 0.25) is 10.0 Å². The van der Waals surface area contributed by atoms with Gasteiger partial charge in [-0.3, -0.25) is 0 Å². The Morgan fingerprint density at radius 3 is 2.57 bits per heavy atom. The van der Waals surface area contributed by atoms with E-state index in [9.17, 15) is 13.2 Å². The highest BCUT2D eigenvalue weighted by molar-refractivity contribution is 7.89. The van der Waals surface area contributed by atoms with Crippen LogP contribution in [0.15, 0.2) is 65.6 Å². The number of benzene rings is 2. The molecule has 0 aliphatic heterocycles. The summed E-state index contributed by atoms with van der Waals surface area (Å²) >= 11 is 0. The molecule has 5 nitrogen and oxygen atoms in total. The van der Waals surface area contributed by atoms with Crippen LogP contribution >= 0.6 is 0 Å². The second-order valence-corrected chi connectivity index (χ2v) is 6.53. The molecule has 0 saturated heterocycles. The maximum Gasteiger partial charge on any atom is 0.338 e. The van der Waals surface area contributed by atoms with Gasteiger partial charge in [0.15, 0.2) is 0 Å². The van der Waals surface area contributed by atoms with Crippen molar-refractivity contribution < 1.29 is 17.9 Å². The third-order valence-corrected chi connectivity index (χ3v) is 4.48. The zero-order valence-corrected chi connectivity index (χ0v) is 13.4. The monoisotopic (exact) mass is 331 g/mol. The van der Waals surface area contributed by atoms with Crippen molar-refractivity contribution in [3.63, 3.8) is 0 Å². The summed E-state index contributed by atoms with van der Waals surface area (Å²) in [4.78, 5) is 12.0. The van der Waals surface area contributed by atoms with Gasteiger partial charge in [-0.15, -0.1) is 0 Å². The fourth-order valence-corrected chi connectivity index (χ4v) is 2.64. The minimum absolute atomic E-state index is 0.0225. The zero-order chi connectivity index (χ0) is 16.7. The van der Waals surface area contributed by atoms with E-state index in [2.05, 4.69) is 4.72 Å². The molecule has 0 saturated carbocycles. The molecule has 2 aromatic rings. The van der Waals surface area contributed by atoms with E-state index in [1.54, 1.807) is 6.08 Å². The molecule has 0 atom stereocenters. The summed E-state index contributed by atoms with van der Waals surface area (Å²) in [5, 5.41) is 0. The molecule has 120 valence electrons. The summed E-state index contributed by atoms with van der Waals surface area (Å²) in [6, 6.07) is 15.3. The minimum atomic E-state index is -3.59. The van der Waals surface area contributed by atoms with Crippen molar-refractivity contribution in [1.82, 2.24) is 4.72 Å². The zero-order valence-electron chi connectivity index (χ0n) is 12.6. The number of esters is 1. The highest BCUT2D eigenvalue weighted by Crippen LogP contribution is 2.12. The summed E-state index contributed by atoms with van der Waals surface area (Å²) in [5.74, 6) is -0.573. The third-order valence-electron chi connectivity index (χ3n) is 3.07. The van der Waals surface area contributed by atoms with Gasteiger partial charge in [0.25, 0.3) is 0 Å². The molecule has 23 heavy (non-hydrogen) atoms. The van der Waals surface area contributed by atoms with E-state index < -0.39 is 16.0 Å². The van der Waals surface area contributed by atoms with Crippen molar-refractivity contribution in [2.45, 2.75) is 4.90 Å². The normalized spacial score (nSPS) is 11.5. The number of hydrogen-bond donors (Lipinski definition) is 1. The summed E-state index contributed by atoms with van der Waals surface area (Å²) in [6.07, 6.45) is 3.57. The van der Waals surface area contributed by atoms with Crippen LogP contribution in [0.2, 0.25) is 0 Å². The second kappa shape index (κ2) is 7.71. The van der Waals surface area contributed by atoms with Gasteiger partial charge >= 0.3 is 5.97 Å². The lowest BCUT2D eigenvalue weighted by Gasteiger charge is -2.05. The fraction of sp³-hybridized carbons (Fsp3) is 0.118. The number of ether oxygens (including phenoxy) is 1. The average Bonchev–Trinajstić information content (AvgIpc) is 2.59. The molecule has 0 aromatic heterocycles. The van der Waals surface area contributed by atoms with E-state index >= 15 is 0 Å². The number of hydrogen-bond acceptors (Lipinski definition) is 4. The van der Waals surface area contributed by atoms with Crippen LogP contribution in [0, 0.1) is 0 Å². The van der Waals surface area contributed by atoms with Crippen molar-refractivity contribution in [2.24, 2.45) is 0 Å². The van der Waals surface area contributed by atoms with E-state index in [0.717, 1.165) is 5.56 Å². The Kier molecular flexibility index (Phi) is 5.67. The van der Waals surface area contributed by atoms with Gasteiger partial charge in [0, 0.05) is 0 Å². The standard InChI is InChI=1S/C17H17NO4S/c1-18-23(20,21)16-11-5-10-15(13-16)17(19)22-12-6-9-14-7-3-2-4-8-14/h2-11,13,18H,12H2,1H3. The SMILES string of the molecule is CNS(=O)(=O)c1cccc(C(=O)OCC=Cc2ccccc2)c1. The molecular formula is C17H17NO4S. The van der Waals surface area contributed by atoms with Crippen LogP contribution in [0.1, 0.15) is 15.9 Å². The Bertz CT molecular complexity index is 798. The first kappa shape index (κ1) is 16.9. The van der Waals surface area contributed by atoms with Gasteiger partial charge in [-0.05, 0) is 36.9 Å². The van der Waals surface area contributed by atoms with E-state index in [1.807, 2.05) is 36.4 Å². The van der Waals surface area contributed by atoms with Crippen LogP contribution in [-0.4, -0.2) is 28.0 Å². The molecule has 0 spiro atoms. The maximum atomic E-state index is 12.0. The van der Waals surface area contributed by atoms with Crippen LogP contribution in [-0.2, 0) is 14.8 Å². The molecule has 0 amide bonds. The lowest BCUT2D eigenvalue weighted by molar-refractivity contribution is 0.0550. The first-order chi connectivity index (χ1) is 11.0. The number of nitrogens with one attached hydrogen (secondary N) is 1. The average molecular weight is 331 g/mol. The van der Waals surface area contributed by atoms with Crippen LogP contribution in [0.25, 0.3) is 6.08 Å². The fourth-order valence-electron chi connectivity index (χ4n) is 1.86. The van der Waals surface area contributed by atoms with Crippen molar-refractivity contribution in [1.29, 1.82) is 0 Å². The topological polar surface area (TPSA) is 72.5 Å². The Hall–Kier alpha value is -2.44. The number of carbonyl (C=O) groups excluding carboxylic acids is 1. The van der Waals surface area contributed by atoms with Gasteiger partial charge < -0.3 is 4.74 Å². The maximum absolute atomic E-state index is 12.0. The number of carbonyl (C=O) groups is 1. The Morgan fingerprint density at radius 1 is 1.13 bits per heavy atom. The molecule has 2 aromatic carbocycles. The molecule has 0 aliphatic rings. The molecule has 1 N–H and O–H groups in total. The molecule has 0 fully saturated rings. The van der Waals surface area contributed by atoms with Crippen molar-refractivity contribution in [2.75, 3.05) is 13.7 Å². The molecule has 0 heterocycles. The van der Waals surface area contributed by atoms with Crippen molar-refractivity contribution in [3.05, 3.63) is 71.8 Å². The second-order valence-electron chi connectivity index (χ2n) is 4.65. The Labute approximate surface area is 135 Å². The predicted octanol–water partition coefficient (Wildman–Crippen LogP) is 2.46. The number of sulfonamides is 1. The molecule has 0 unspecified atom stereocenters. The Balaban J connectivity index is 1.99. The molecular weight excluding hydrogens is 314 g/mol. The first-order valence-electron chi connectivity index (χ1n) is 6.95. The van der Waals surface area contributed by atoms with Crippen LogP contribution in [0.3, 0.4) is 0 Å². The third kappa shape index (κ3) is 4.77. The van der Waals surface area contributed by atoms with Crippen LogP contribution in [0.5, 0.6) is 0 Å². The lowest BCUT2D eigenvalue weighted by Crippen LogP contribution is -2.19. The highest BCUT2D eigenvalue weighted by Gasteiger charge is 2.14. The highest BCUT2D eigenvalue weighted by atomic mass is 32.2. The Morgan fingerprint density at radius 2 is 1.87 bits per heavy atom. The van der Waals surface area contributed by atoms with E-state index in [1.165, 1.54) is 31.3 Å². The molecule has 6 heteroatoms. The van der Waals surface area contributed by atoms with Gasteiger partial charge in [0.05, 0.1) is 10.5 Å². The van der Waals surface area contributed by atoms with E-state index in [4.69, 9.17) is 4.74 Å². The van der Waals surface area contributed by atoms with Crippen LogP contribution < -0.4 is 4.72 Å². The van der Waals surface area contributed by atoms with Crippen LogP contribution in [0.4, 0.5) is 0 Å². The van der Waals surface area contributed by atoms with Crippen molar-refractivity contribution >= 4 is 22.1 Å². The van der Waals surface area contributed by atoms with Gasteiger partial charge in [-0.2, -0.15) is 0 Å². The molecule has 0 bridgehead atoms. The smallest absolute Gasteiger partial charge is 0.338 e. The summed E-state index contributed by atoms with van der Waals surface area (Å²) in [6.45, 7) is 0.108. The first-order valence-corrected chi connectivity index (χ1v) is 8.43. The lowest BCUT2D eigenvalue weighted by atomic mass is 10.2. The quantitative estimate of drug-likeness (QED) is 0.825. The van der Waals surface area contributed by atoms with Gasteiger partial charge in [-0.25, -0.2) is 17.9 Å². The van der Waals surface area contributed by atoms with Gasteiger partial charge in [0.1, 0.15) is 6.61 Å². The molecule has 2 rings (SSSR count). The predicted molar refractivity (Wildman–Crippen MR) is 88.4 cm³/mol. The van der Waals surface area contributed by atoms with E-state index in [-0.39, 0.29) is 17.1 Å². The summed E-state index contributed by atoms with van der Waals surface area (Å²) in [7, 11) is -2.27. The number of rotatable bonds is 6. The molecule has 0 radical (unpaired) electrons. The molecule has 0 aliphatic carbocycles. The summed E-state index contributed by atoms with van der Waals surface area (Å²) < 4.78 is 30.8. The van der Waals surface area contributed by atoms with Crippen molar-refractivity contribution in [3.8, 4) is 0 Å². The minimum Gasteiger partial charge on any atom is -0.458 e. The van der Waals surface area contributed by atoms with E-state index in [0.29, 0.717) is 0 Å². The van der Waals surface area contributed by atoms with Gasteiger partial charge in [-0.1, -0.05) is 42.5 Å².